The Kier molecular flexibility index (Phi) is 6.78. The zero-order chi connectivity index (χ0) is 18.4. The monoisotopic (exact) mass is 357 g/mol. The molecule has 3 N–H and O–H groups in total. The summed E-state index contributed by atoms with van der Waals surface area (Å²) >= 11 is 0. The zero-order valence-corrected chi connectivity index (χ0v) is 16.5. The number of guanidine groups is 1. The first-order chi connectivity index (χ1) is 12.7. The van der Waals surface area contributed by atoms with Gasteiger partial charge in [0, 0.05) is 31.4 Å². The molecule has 2 fully saturated rings. The molecule has 5 nitrogen and oxygen atoms in total. The molecule has 144 valence electrons. The van der Waals surface area contributed by atoms with Crippen molar-refractivity contribution in [2.24, 2.45) is 16.6 Å². The average Bonchev–Trinajstić information content (AvgIpc) is 3.13. The van der Waals surface area contributed by atoms with Gasteiger partial charge in [-0.25, -0.2) is 4.99 Å². The van der Waals surface area contributed by atoms with Crippen molar-refractivity contribution in [2.75, 3.05) is 37.6 Å². The fourth-order valence-corrected chi connectivity index (χ4v) is 4.08. The summed E-state index contributed by atoms with van der Waals surface area (Å²) in [5.41, 5.74) is 8.60. The molecule has 0 aromatic heterocycles. The summed E-state index contributed by atoms with van der Waals surface area (Å²) in [5.74, 6) is 1.42. The van der Waals surface area contributed by atoms with Crippen LogP contribution >= 0.6 is 0 Å². The van der Waals surface area contributed by atoms with Gasteiger partial charge in [0.25, 0.3) is 0 Å². The van der Waals surface area contributed by atoms with E-state index in [0.717, 1.165) is 19.0 Å². The standard InChI is InChI=1S/C21H35N5/c1-3-25-12-4-5-20(25)16-24-21(22)23-15-18-6-8-19(9-7-18)26-13-10-17(2)11-14-26/h6-9,17,20H,3-5,10-16H2,1-2H3,(H3,22,23,24). The molecule has 1 aromatic carbocycles. The second-order valence-electron chi connectivity index (χ2n) is 7.84. The quantitative estimate of drug-likeness (QED) is 0.607. The molecule has 2 aliphatic heterocycles. The van der Waals surface area contributed by atoms with Crippen LogP contribution in [0, 0.1) is 5.92 Å². The first kappa shape index (κ1) is 19.0. The minimum absolute atomic E-state index is 0.557. The van der Waals surface area contributed by atoms with Gasteiger partial charge < -0.3 is 16.0 Å². The van der Waals surface area contributed by atoms with Gasteiger partial charge in [0.15, 0.2) is 5.96 Å². The van der Waals surface area contributed by atoms with E-state index in [4.69, 9.17) is 5.73 Å². The number of benzene rings is 1. The van der Waals surface area contributed by atoms with E-state index >= 15 is 0 Å². The number of hydrogen-bond donors (Lipinski definition) is 2. The third-order valence-corrected chi connectivity index (χ3v) is 5.94. The highest BCUT2D eigenvalue weighted by atomic mass is 15.2. The molecule has 0 bridgehead atoms. The van der Waals surface area contributed by atoms with Gasteiger partial charge in [-0.3, -0.25) is 4.90 Å². The normalized spacial score (nSPS) is 22.8. The lowest BCUT2D eigenvalue weighted by Crippen LogP contribution is -2.42. The second-order valence-corrected chi connectivity index (χ2v) is 7.84. The maximum absolute atomic E-state index is 6.06. The molecule has 0 amide bonds. The first-order valence-corrected chi connectivity index (χ1v) is 10.3. The van der Waals surface area contributed by atoms with Crippen LogP contribution in [0.4, 0.5) is 5.69 Å². The Hall–Kier alpha value is -1.75. The van der Waals surface area contributed by atoms with Crippen molar-refractivity contribution in [1.82, 2.24) is 10.2 Å². The lowest BCUT2D eigenvalue weighted by molar-refractivity contribution is 0.267. The topological polar surface area (TPSA) is 56.9 Å². The molecule has 2 aliphatic rings. The molecule has 0 spiro atoms. The number of nitrogens with two attached hydrogens (primary N) is 1. The highest BCUT2D eigenvalue weighted by Gasteiger charge is 2.22. The third-order valence-electron chi connectivity index (χ3n) is 5.94. The van der Waals surface area contributed by atoms with Crippen LogP contribution in [-0.2, 0) is 6.54 Å². The van der Waals surface area contributed by atoms with E-state index in [1.54, 1.807) is 0 Å². The zero-order valence-electron chi connectivity index (χ0n) is 16.5. The summed E-state index contributed by atoms with van der Waals surface area (Å²) in [6.07, 6.45) is 5.14. The van der Waals surface area contributed by atoms with Crippen LogP contribution in [0.1, 0.15) is 45.1 Å². The van der Waals surface area contributed by atoms with Crippen molar-refractivity contribution in [3.05, 3.63) is 29.8 Å². The lowest BCUT2D eigenvalue weighted by Gasteiger charge is -2.32. The van der Waals surface area contributed by atoms with Crippen molar-refractivity contribution in [2.45, 2.75) is 52.1 Å². The Morgan fingerprint density at radius 3 is 2.58 bits per heavy atom. The summed E-state index contributed by atoms with van der Waals surface area (Å²) < 4.78 is 0. The number of anilines is 1. The summed E-state index contributed by atoms with van der Waals surface area (Å²) in [5, 5.41) is 3.30. The van der Waals surface area contributed by atoms with Crippen LogP contribution in [0.25, 0.3) is 0 Å². The molecular weight excluding hydrogens is 322 g/mol. The minimum atomic E-state index is 0.557. The van der Waals surface area contributed by atoms with Gasteiger partial charge in [-0.05, 0) is 62.4 Å². The fraction of sp³-hybridized carbons (Fsp3) is 0.667. The molecule has 0 saturated carbocycles. The van der Waals surface area contributed by atoms with Crippen LogP contribution < -0.4 is 16.0 Å². The maximum atomic E-state index is 6.06. The smallest absolute Gasteiger partial charge is 0.188 e. The largest absolute Gasteiger partial charge is 0.372 e. The number of nitrogens with zero attached hydrogens (tertiary/aromatic N) is 3. The van der Waals surface area contributed by atoms with Gasteiger partial charge >= 0.3 is 0 Å². The maximum Gasteiger partial charge on any atom is 0.188 e. The molecule has 2 saturated heterocycles. The Balaban J connectivity index is 1.45. The lowest BCUT2D eigenvalue weighted by atomic mass is 9.99. The van der Waals surface area contributed by atoms with E-state index in [-0.39, 0.29) is 0 Å². The highest BCUT2D eigenvalue weighted by Crippen LogP contribution is 2.23. The van der Waals surface area contributed by atoms with Crippen molar-refractivity contribution < 1.29 is 0 Å². The summed E-state index contributed by atoms with van der Waals surface area (Å²) in [7, 11) is 0. The average molecular weight is 358 g/mol. The van der Waals surface area contributed by atoms with Crippen molar-refractivity contribution >= 4 is 11.6 Å². The van der Waals surface area contributed by atoms with Gasteiger partial charge in [-0.15, -0.1) is 0 Å². The Labute approximate surface area is 158 Å². The number of hydrogen-bond acceptors (Lipinski definition) is 3. The Bertz CT molecular complexity index is 575. The number of likely N-dealkylation sites (tertiary alicyclic amines) is 1. The molecule has 0 radical (unpaired) electrons. The van der Waals surface area contributed by atoms with Gasteiger partial charge in [0.05, 0.1) is 6.54 Å². The van der Waals surface area contributed by atoms with Crippen molar-refractivity contribution in [3.8, 4) is 0 Å². The van der Waals surface area contributed by atoms with Gasteiger partial charge in [0.2, 0.25) is 0 Å². The molecule has 1 aromatic rings. The van der Waals surface area contributed by atoms with E-state index in [9.17, 15) is 0 Å². The van der Waals surface area contributed by atoms with Gasteiger partial charge in [0.1, 0.15) is 0 Å². The molecule has 0 aliphatic carbocycles. The molecular formula is C21H35N5. The van der Waals surface area contributed by atoms with Gasteiger partial charge in [-0.1, -0.05) is 26.0 Å². The third kappa shape index (κ3) is 5.13. The van der Waals surface area contributed by atoms with Crippen LogP contribution in [0.5, 0.6) is 0 Å². The van der Waals surface area contributed by atoms with E-state index in [1.807, 2.05) is 0 Å². The van der Waals surface area contributed by atoms with Crippen LogP contribution in [-0.4, -0.2) is 49.6 Å². The second kappa shape index (κ2) is 9.26. The van der Waals surface area contributed by atoms with E-state index in [1.165, 1.54) is 56.6 Å². The molecule has 5 heteroatoms. The first-order valence-electron chi connectivity index (χ1n) is 10.3. The predicted molar refractivity (Wildman–Crippen MR) is 111 cm³/mol. The number of piperidine rings is 1. The summed E-state index contributed by atoms with van der Waals surface area (Å²) in [4.78, 5) is 9.51. The molecule has 26 heavy (non-hydrogen) atoms. The van der Waals surface area contributed by atoms with Crippen molar-refractivity contribution in [1.29, 1.82) is 0 Å². The van der Waals surface area contributed by atoms with E-state index in [2.05, 4.69) is 58.2 Å². The number of nitrogens with one attached hydrogen (secondary N) is 1. The fourth-order valence-electron chi connectivity index (χ4n) is 4.08. The molecule has 1 atom stereocenters. The predicted octanol–water partition coefficient (Wildman–Crippen LogP) is 2.81. The Morgan fingerprint density at radius 1 is 1.15 bits per heavy atom. The van der Waals surface area contributed by atoms with E-state index in [0.29, 0.717) is 18.5 Å². The van der Waals surface area contributed by atoms with Gasteiger partial charge in [-0.2, -0.15) is 0 Å². The molecule has 2 heterocycles. The van der Waals surface area contributed by atoms with Crippen LogP contribution in [0.3, 0.4) is 0 Å². The molecule has 3 rings (SSSR count). The van der Waals surface area contributed by atoms with E-state index < -0.39 is 0 Å². The number of aliphatic imine (C=N–C) groups is 1. The van der Waals surface area contributed by atoms with Crippen molar-refractivity contribution in [3.63, 3.8) is 0 Å². The van der Waals surface area contributed by atoms with Crippen LogP contribution in [0.2, 0.25) is 0 Å². The SMILES string of the molecule is CCN1CCCC1CNC(N)=NCc1ccc(N2CCC(C)CC2)cc1. The summed E-state index contributed by atoms with van der Waals surface area (Å²) in [6.45, 7) is 10.8. The summed E-state index contributed by atoms with van der Waals surface area (Å²) in [6, 6.07) is 9.41. The molecule has 1 unspecified atom stereocenters. The highest BCUT2D eigenvalue weighted by molar-refractivity contribution is 5.77. The van der Waals surface area contributed by atoms with Crippen LogP contribution in [0.15, 0.2) is 29.3 Å². The number of likely N-dealkylation sites (N-methyl/N-ethyl adjacent to an activating group) is 1. The number of rotatable bonds is 6. The minimum Gasteiger partial charge on any atom is -0.372 e. The Morgan fingerprint density at radius 2 is 1.88 bits per heavy atom.